The molecule has 0 fully saturated rings. The van der Waals surface area contributed by atoms with E-state index in [-0.39, 0.29) is 0 Å². The van der Waals surface area contributed by atoms with Gasteiger partial charge in [0.2, 0.25) is 0 Å². The average molecular weight is 454 g/mol. The van der Waals surface area contributed by atoms with E-state index in [0.29, 0.717) is 12.2 Å². The molecule has 2 nitrogen and oxygen atoms in total. The minimum atomic E-state index is 0.635. The molecule has 2 rings (SSSR count). The summed E-state index contributed by atoms with van der Waals surface area (Å²) in [7, 11) is 0. The first-order chi connectivity index (χ1) is 10.1. The molecule has 0 aliphatic rings. The molecule has 2 aromatic carbocycles. The molecule has 0 N–H and O–H groups in total. The SMILES string of the molecule is CCOc1ccc(/C=C(/C#N)c2cccc(Br)c2)cc1I. The highest BCUT2D eigenvalue weighted by atomic mass is 127. The van der Waals surface area contributed by atoms with Crippen molar-refractivity contribution >= 4 is 50.2 Å². The number of hydrogen-bond acceptors (Lipinski definition) is 2. The maximum absolute atomic E-state index is 9.38. The van der Waals surface area contributed by atoms with E-state index in [1.807, 2.05) is 55.5 Å². The summed E-state index contributed by atoms with van der Waals surface area (Å²) in [5.74, 6) is 0.871. The van der Waals surface area contributed by atoms with Crippen molar-refractivity contribution in [3.05, 3.63) is 61.6 Å². The Kier molecular flexibility index (Phi) is 5.83. The molecule has 0 aromatic heterocycles. The lowest BCUT2D eigenvalue weighted by molar-refractivity contribution is 0.338. The van der Waals surface area contributed by atoms with Crippen molar-refractivity contribution in [2.75, 3.05) is 6.61 Å². The zero-order valence-corrected chi connectivity index (χ0v) is 15.2. The molecule has 21 heavy (non-hydrogen) atoms. The summed E-state index contributed by atoms with van der Waals surface area (Å²) >= 11 is 5.67. The van der Waals surface area contributed by atoms with Crippen LogP contribution in [-0.2, 0) is 0 Å². The Bertz CT molecular complexity index is 719. The minimum absolute atomic E-state index is 0.635. The zero-order valence-electron chi connectivity index (χ0n) is 11.4. The van der Waals surface area contributed by atoms with Gasteiger partial charge in [0.25, 0.3) is 0 Å². The number of allylic oxidation sites excluding steroid dienone is 1. The van der Waals surface area contributed by atoms with Gasteiger partial charge < -0.3 is 4.74 Å². The van der Waals surface area contributed by atoms with E-state index < -0.39 is 0 Å². The first kappa shape index (κ1) is 16.1. The first-order valence-electron chi connectivity index (χ1n) is 6.44. The molecule has 0 aliphatic heterocycles. The van der Waals surface area contributed by atoms with Crippen LogP contribution in [0.2, 0.25) is 0 Å². The summed E-state index contributed by atoms with van der Waals surface area (Å²) < 4.78 is 7.52. The Balaban J connectivity index is 2.37. The lowest BCUT2D eigenvalue weighted by Gasteiger charge is -2.07. The lowest BCUT2D eigenvalue weighted by atomic mass is 10.0. The summed E-state index contributed by atoms with van der Waals surface area (Å²) in [6.07, 6.45) is 1.89. The van der Waals surface area contributed by atoms with Gasteiger partial charge in [0.05, 0.1) is 21.8 Å². The first-order valence-corrected chi connectivity index (χ1v) is 8.31. The van der Waals surface area contributed by atoms with Gasteiger partial charge in [0.15, 0.2) is 0 Å². The second-order valence-corrected chi connectivity index (χ2v) is 6.38. The van der Waals surface area contributed by atoms with Crippen molar-refractivity contribution in [3.8, 4) is 11.8 Å². The van der Waals surface area contributed by atoms with Crippen LogP contribution in [0.3, 0.4) is 0 Å². The largest absolute Gasteiger partial charge is 0.493 e. The maximum Gasteiger partial charge on any atom is 0.132 e. The fourth-order valence-corrected chi connectivity index (χ4v) is 2.98. The molecule has 0 radical (unpaired) electrons. The maximum atomic E-state index is 9.38. The normalized spacial score (nSPS) is 11.0. The molecular weight excluding hydrogens is 441 g/mol. The number of nitrogens with zero attached hydrogens (tertiary/aromatic N) is 1. The lowest BCUT2D eigenvalue weighted by Crippen LogP contribution is -1.94. The Morgan fingerprint density at radius 2 is 2.14 bits per heavy atom. The number of halogens is 2. The zero-order chi connectivity index (χ0) is 15.2. The summed E-state index contributed by atoms with van der Waals surface area (Å²) in [6.45, 7) is 2.61. The Morgan fingerprint density at radius 3 is 2.76 bits per heavy atom. The van der Waals surface area contributed by atoms with Crippen molar-refractivity contribution in [2.24, 2.45) is 0 Å². The minimum Gasteiger partial charge on any atom is -0.493 e. The van der Waals surface area contributed by atoms with Crippen LogP contribution in [0.15, 0.2) is 46.9 Å². The van der Waals surface area contributed by atoms with Gasteiger partial charge in [0, 0.05) is 4.47 Å². The van der Waals surface area contributed by atoms with Gasteiger partial charge in [-0.05, 0) is 71.0 Å². The van der Waals surface area contributed by atoms with Crippen LogP contribution in [0.1, 0.15) is 18.1 Å². The summed E-state index contributed by atoms with van der Waals surface area (Å²) in [5, 5.41) is 9.38. The second kappa shape index (κ2) is 7.62. The van der Waals surface area contributed by atoms with E-state index in [1.54, 1.807) is 0 Å². The third-order valence-electron chi connectivity index (χ3n) is 2.82. The standard InChI is InChI=1S/C17H13BrINO/c1-2-21-17-7-6-12(9-16(17)19)8-14(11-20)13-4-3-5-15(18)10-13/h3-10H,2H2,1H3/b14-8-. The average Bonchev–Trinajstić information content (AvgIpc) is 2.47. The van der Waals surface area contributed by atoms with E-state index in [9.17, 15) is 5.26 Å². The highest BCUT2D eigenvalue weighted by Gasteiger charge is 2.04. The van der Waals surface area contributed by atoms with Crippen molar-refractivity contribution in [3.63, 3.8) is 0 Å². The molecule has 0 atom stereocenters. The van der Waals surface area contributed by atoms with Crippen molar-refractivity contribution in [1.82, 2.24) is 0 Å². The van der Waals surface area contributed by atoms with Crippen molar-refractivity contribution in [2.45, 2.75) is 6.92 Å². The van der Waals surface area contributed by atoms with Gasteiger partial charge >= 0.3 is 0 Å². The number of ether oxygens (including phenoxy) is 1. The number of benzene rings is 2. The van der Waals surface area contributed by atoms with Gasteiger partial charge in [-0.15, -0.1) is 0 Å². The molecule has 0 heterocycles. The van der Waals surface area contributed by atoms with Crippen LogP contribution >= 0.6 is 38.5 Å². The molecule has 4 heteroatoms. The third-order valence-corrected chi connectivity index (χ3v) is 4.16. The summed E-state index contributed by atoms with van der Waals surface area (Å²) in [4.78, 5) is 0. The van der Waals surface area contributed by atoms with Crippen LogP contribution in [0.25, 0.3) is 11.6 Å². The van der Waals surface area contributed by atoms with E-state index in [4.69, 9.17) is 4.74 Å². The molecule has 2 aromatic rings. The van der Waals surface area contributed by atoms with E-state index in [1.165, 1.54) is 0 Å². The van der Waals surface area contributed by atoms with Crippen LogP contribution in [-0.4, -0.2) is 6.61 Å². The van der Waals surface area contributed by atoms with Crippen LogP contribution in [0, 0.1) is 14.9 Å². The van der Waals surface area contributed by atoms with E-state index in [2.05, 4.69) is 44.6 Å². The van der Waals surface area contributed by atoms with E-state index >= 15 is 0 Å². The molecule has 0 bridgehead atoms. The summed E-state index contributed by atoms with van der Waals surface area (Å²) in [6, 6.07) is 15.9. The van der Waals surface area contributed by atoms with Crippen LogP contribution in [0.5, 0.6) is 5.75 Å². The predicted molar refractivity (Wildman–Crippen MR) is 98.0 cm³/mol. The summed E-state index contributed by atoms with van der Waals surface area (Å²) in [5.41, 5.74) is 2.52. The van der Waals surface area contributed by atoms with Gasteiger partial charge in [0.1, 0.15) is 5.75 Å². The Morgan fingerprint density at radius 1 is 1.33 bits per heavy atom. The fraction of sp³-hybridized carbons (Fsp3) is 0.118. The number of rotatable bonds is 4. The van der Waals surface area contributed by atoms with Crippen molar-refractivity contribution in [1.29, 1.82) is 5.26 Å². The smallest absolute Gasteiger partial charge is 0.132 e. The van der Waals surface area contributed by atoms with Crippen LogP contribution < -0.4 is 4.74 Å². The Hall–Kier alpha value is -1.32. The van der Waals surface area contributed by atoms with Gasteiger partial charge in [-0.2, -0.15) is 5.26 Å². The number of hydrogen-bond donors (Lipinski definition) is 0. The molecule has 0 aliphatic carbocycles. The third kappa shape index (κ3) is 4.32. The molecular formula is C17H13BrINO. The quantitative estimate of drug-likeness (QED) is 0.347. The van der Waals surface area contributed by atoms with Crippen molar-refractivity contribution < 1.29 is 4.74 Å². The van der Waals surface area contributed by atoms with E-state index in [0.717, 1.165) is 24.9 Å². The van der Waals surface area contributed by atoms with Crippen LogP contribution in [0.4, 0.5) is 0 Å². The van der Waals surface area contributed by atoms with Gasteiger partial charge in [-0.25, -0.2) is 0 Å². The second-order valence-electron chi connectivity index (χ2n) is 4.30. The molecule has 0 saturated heterocycles. The van der Waals surface area contributed by atoms with Gasteiger partial charge in [-0.1, -0.05) is 34.1 Å². The number of nitriles is 1. The highest BCUT2D eigenvalue weighted by Crippen LogP contribution is 2.25. The monoisotopic (exact) mass is 453 g/mol. The van der Waals surface area contributed by atoms with Gasteiger partial charge in [-0.3, -0.25) is 0 Å². The molecule has 0 saturated carbocycles. The topological polar surface area (TPSA) is 33.0 Å². The Labute approximate surface area is 146 Å². The molecule has 0 amide bonds. The fourth-order valence-electron chi connectivity index (χ4n) is 1.88. The molecule has 106 valence electrons. The molecule has 0 unspecified atom stereocenters. The highest BCUT2D eigenvalue weighted by molar-refractivity contribution is 14.1. The molecule has 0 spiro atoms. The predicted octanol–water partition coefficient (Wildman–Crippen LogP) is 5.52.